The number of amides is 1. The van der Waals surface area contributed by atoms with Gasteiger partial charge in [-0.25, -0.2) is 4.98 Å². The predicted molar refractivity (Wildman–Crippen MR) is 109 cm³/mol. The van der Waals surface area contributed by atoms with Crippen LogP contribution in [0.3, 0.4) is 0 Å². The zero-order chi connectivity index (χ0) is 19.3. The first-order chi connectivity index (χ1) is 13.7. The Hall–Kier alpha value is -3.67. The molecule has 1 amide bonds. The van der Waals surface area contributed by atoms with E-state index >= 15 is 0 Å². The molecule has 0 aliphatic carbocycles. The highest BCUT2D eigenvalue weighted by atomic mass is 16.5. The lowest BCUT2D eigenvalue weighted by Gasteiger charge is -2.12. The number of nitrogens with one attached hydrogen (secondary N) is 1. The van der Waals surface area contributed by atoms with E-state index in [0.717, 1.165) is 22.3 Å². The molecule has 0 saturated heterocycles. The minimum Gasteiger partial charge on any atom is -0.491 e. The fourth-order valence-electron chi connectivity index (χ4n) is 3.03. The maximum absolute atomic E-state index is 12.5. The average Bonchev–Trinajstić information content (AvgIpc) is 3.07. The van der Waals surface area contributed by atoms with Gasteiger partial charge in [0.1, 0.15) is 12.4 Å². The number of para-hydroxylation sites is 3. The normalized spacial score (nSPS) is 10.8. The zero-order valence-electron chi connectivity index (χ0n) is 15.5. The van der Waals surface area contributed by atoms with Crippen LogP contribution in [0.2, 0.25) is 0 Å². The second-order valence-electron chi connectivity index (χ2n) is 6.39. The van der Waals surface area contributed by atoms with Gasteiger partial charge in [0.15, 0.2) is 0 Å². The number of carbonyl (C=O) groups is 1. The third kappa shape index (κ3) is 3.71. The van der Waals surface area contributed by atoms with Crippen LogP contribution in [0.5, 0.6) is 5.75 Å². The summed E-state index contributed by atoms with van der Waals surface area (Å²) in [5, 5.41) is 2.89. The van der Waals surface area contributed by atoms with E-state index in [1.54, 1.807) is 18.3 Å². The van der Waals surface area contributed by atoms with Crippen LogP contribution in [0.4, 0.5) is 5.95 Å². The highest BCUT2D eigenvalue weighted by Gasteiger charge is 2.14. The van der Waals surface area contributed by atoms with Crippen molar-refractivity contribution in [2.45, 2.75) is 13.5 Å². The molecule has 6 heteroatoms. The second kappa shape index (κ2) is 7.92. The summed E-state index contributed by atoms with van der Waals surface area (Å²) in [7, 11) is 0. The van der Waals surface area contributed by atoms with Crippen LogP contribution in [-0.4, -0.2) is 27.0 Å². The number of pyridine rings is 1. The predicted octanol–water partition coefficient (Wildman–Crippen LogP) is 4.07. The molecule has 4 aromatic rings. The van der Waals surface area contributed by atoms with Crippen LogP contribution < -0.4 is 10.1 Å². The number of imidazole rings is 1. The number of aromatic nitrogens is 3. The zero-order valence-corrected chi connectivity index (χ0v) is 15.5. The Balaban J connectivity index is 1.57. The van der Waals surface area contributed by atoms with Gasteiger partial charge in [0, 0.05) is 12.4 Å². The summed E-state index contributed by atoms with van der Waals surface area (Å²) in [4.78, 5) is 21.1. The number of aryl methyl sites for hydroxylation is 1. The van der Waals surface area contributed by atoms with Crippen molar-refractivity contribution in [1.82, 2.24) is 14.5 Å². The number of carbonyl (C=O) groups excluding carboxylic acids is 1. The number of hydrogen-bond donors (Lipinski definition) is 1. The number of anilines is 1. The molecule has 28 heavy (non-hydrogen) atoms. The lowest BCUT2D eigenvalue weighted by Crippen LogP contribution is -2.18. The first-order valence-corrected chi connectivity index (χ1v) is 9.07. The number of benzene rings is 2. The van der Waals surface area contributed by atoms with E-state index < -0.39 is 0 Å². The lowest BCUT2D eigenvalue weighted by molar-refractivity contribution is 0.102. The summed E-state index contributed by atoms with van der Waals surface area (Å²) < 4.78 is 7.89. The minimum absolute atomic E-state index is 0.246. The molecule has 0 aliphatic rings. The van der Waals surface area contributed by atoms with Crippen molar-refractivity contribution in [1.29, 1.82) is 0 Å². The Bertz CT molecular complexity index is 1110. The molecule has 2 aromatic heterocycles. The monoisotopic (exact) mass is 372 g/mol. The van der Waals surface area contributed by atoms with Crippen molar-refractivity contribution in [3.05, 3.63) is 84.2 Å². The van der Waals surface area contributed by atoms with Gasteiger partial charge in [0.2, 0.25) is 5.95 Å². The Morgan fingerprint density at radius 3 is 2.71 bits per heavy atom. The molecule has 2 aromatic carbocycles. The van der Waals surface area contributed by atoms with Gasteiger partial charge in [-0.3, -0.25) is 15.1 Å². The van der Waals surface area contributed by atoms with Crippen molar-refractivity contribution in [3.63, 3.8) is 0 Å². The molecule has 0 aliphatic heterocycles. The average molecular weight is 372 g/mol. The van der Waals surface area contributed by atoms with E-state index in [0.29, 0.717) is 24.7 Å². The highest BCUT2D eigenvalue weighted by Crippen LogP contribution is 2.21. The molecule has 0 saturated carbocycles. The SMILES string of the molecule is Cc1ccccc1OCCn1c(NC(=O)c2cccnc2)nc2ccccc21. The van der Waals surface area contributed by atoms with E-state index in [-0.39, 0.29) is 5.91 Å². The Labute approximate surface area is 162 Å². The maximum atomic E-state index is 12.5. The van der Waals surface area contributed by atoms with Gasteiger partial charge in [-0.15, -0.1) is 0 Å². The Kier molecular flexibility index (Phi) is 5.01. The third-order valence-corrected chi connectivity index (χ3v) is 4.47. The molecule has 140 valence electrons. The summed E-state index contributed by atoms with van der Waals surface area (Å²) in [6, 6.07) is 19.1. The van der Waals surface area contributed by atoms with Crippen LogP contribution in [0.15, 0.2) is 73.1 Å². The number of hydrogen-bond acceptors (Lipinski definition) is 4. The van der Waals surface area contributed by atoms with E-state index in [1.165, 1.54) is 6.20 Å². The van der Waals surface area contributed by atoms with Crippen molar-refractivity contribution < 1.29 is 9.53 Å². The summed E-state index contributed by atoms with van der Waals surface area (Å²) in [5.74, 6) is 1.10. The number of nitrogens with zero attached hydrogens (tertiary/aromatic N) is 3. The van der Waals surface area contributed by atoms with Gasteiger partial charge in [0.25, 0.3) is 5.91 Å². The summed E-state index contributed by atoms with van der Waals surface area (Å²) >= 11 is 0. The molecule has 0 spiro atoms. The molecule has 1 N–H and O–H groups in total. The van der Waals surface area contributed by atoms with Crippen LogP contribution >= 0.6 is 0 Å². The molecule has 0 unspecified atom stereocenters. The van der Waals surface area contributed by atoms with Crippen LogP contribution in [0.1, 0.15) is 15.9 Å². The van der Waals surface area contributed by atoms with Gasteiger partial charge in [0.05, 0.1) is 23.1 Å². The van der Waals surface area contributed by atoms with Crippen molar-refractivity contribution in [2.75, 3.05) is 11.9 Å². The summed E-state index contributed by atoms with van der Waals surface area (Å²) in [6.07, 6.45) is 3.17. The van der Waals surface area contributed by atoms with Crippen LogP contribution in [0.25, 0.3) is 11.0 Å². The third-order valence-electron chi connectivity index (χ3n) is 4.47. The van der Waals surface area contributed by atoms with Gasteiger partial charge < -0.3 is 9.30 Å². The Morgan fingerprint density at radius 2 is 1.89 bits per heavy atom. The Morgan fingerprint density at radius 1 is 1.07 bits per heavy atom. The highest BCUT2D eigenvalue weighted by molar-refractivity contribution is 6.03. The van der Waals surface area contributed by atoms with E-state index in [2.05, 4.69) is 15.3 Å². The molecule has 4 rings (SSSR count). The quantitative estimate of drug-likeness (QED) is 0.554. The molecular weight excluding hydrogens is 352 g/mol. The van der Waals surface area contributed by atoms with E-state index in [9.17, 15) is 4.79 Å². The first kappa shape index (κ1) is 17.7. The fraction of sp³-hybridized carbons (Fsp3) is 0.136. The van der Waals surface area contributed by atoms with E-state index in [4.69, 9.17) is 4.74 Å². The topological polar surface area (TPSA) is 69.0 Å². The second-order valence-corrected chi connectivity index (χ2v) is 6.39. The van der Waals surface area contributed by atoms with E-state index in [1.807, 2.05) is 60.0 Å². The number of rotatable bonds is 6. The molecule has 2 heterocycles. The van der Waals surface area contributed by atoms with Crippen molar-refractivity contribution in [3.8, 4) is 5.75 Å². The van der Waals surface area contributed by atoms with Gasteiger partial charge in [-0.2, -0.15) is 0 Å². The fourth-order valence-corrected chi connectivity index (χ4v) is 3.03. The van der Waals surface area contributed by atoms with Crippen molar-refractivity contribution in [2.24, 2.45) is 0 Å². The number of fused-ring (bicyclic) bond motifs is 1. The molecule has 6 nitrogen and oxygen atoms in total. The standard InChI is InChI=1S/C22H20N4O2/c1-16-7-2-5-11-20(16)28-14-13-26-19-10-4-3-9-18(19)24-22(26)25-21(27)17-8-6-12-23-15-17/h2-12,15H,13-14H2,1H3,(H,24,25,27). The summed E-state index contributed by atoms with van der Waals surface area (Å²) in [5.41, 5.74) is 3.33. The van der Waals surface area contributed by atoms with Gasteiger partial charge >= 0.3 is 0 Å². The molecule has 0 bridgehead atoms. The smallest absolute Gasteiger partial charge is 0.259 e. The van der Waals surface area contributed by atoms with Crippen LogP contribution in [0, 0.1) is 6.92 Å². The number of ether oxygens (including phenoxy) is 1. The largest absolute Gasteiger partial charge is 0.491 e. The maximum Gasteiger partial charge on any atom is 0.259 e. The molecule has 0 radical (unpaired) electrons. The van der Waals surface area contributed by atoms with Crippen molar-refractivity contribution >= 4 is 22.9 Å². The molecule has 0 atom stereocenters. The van der Waals surface area contributed by atoms with Gasteiger partial charge in [-0.1, -0.05) is 30.3 Å². The first-order valence-electron chi connectivity index (χ1n) is 9.07. The van der Waals surface area contributed by atoms with Crippen LogP contribution in [-0.2, 0) is 6.54 Å². The minimum atomic E-state index is -0.246. The molecular formula is C22H20N4O2. The summed E-state index contributed by atoms with van der Waals surface area (Å²) in [6.45, 7) is 3.03. The van der Waals surface area contributed by atoms with Gasteiger partial charge in [-0.05, 0) is 42.8 Å². The lowest BCUT2D eigenvalue weighted by atomic mass is 10.2. The molecule has 0 fully saturated rings.